The van der Waals surface area contributed by atoms with Gasteiger partial charge in [0.1, 0.15) is 11.8 Å². The molecule has 6 nitrogen and oxygen atoms in total. The summed E-state index contributed by atoms with van der Waals surface area (Å²) in [5, 5.41) is 18.5. The Morgan fingerprint density at radius 2 is 2.00 bits per heavy atom. The fraction of sp³-hybridized carbons (Fsp3) is 0.467. The highest BCUT2D eigenvalue weighted by Crippen LogP contribution is 2.19. The minimum atomic E-state index is -1.07. The maximum atomic E-state index is 12.0. The summed E-state index contributed by atoms with van der Waals surface area (Å²) in [5.74, 6) is -0.582. The summed E-state index contributed by atoms with van der Waals surface area (Å²) < 4.78 is 5.48. The molecule has 1 aliphatic rings. The van der Waals surface area contributed by atoms with E-state index in [9.17, 15) is 14.7 Å². The second kappa shape index (κ2) is 7.08. The lowest BCUT2D eigenvalue weighted by molar-refractivity contribution is -0.148. The van der Waals surface area contributed by atoms with Crippen molar-refractivity contribution in [3.05, 3.63) is 30.3 Å². The highest BCUT2D eigenvalue weighted by Gasteiger charge is 2.38. The number of likely N-dealkylation sites (tertiary alicyclic amines) is 1. The minimum absolute atomic E-state index is 0.0926. The fourth-order valence-electron chi connectivity index (χ4n) is 2.40. The first kappa shape index (κ1) is 15.3. The van der Waals surface area contributed by atoms with E-state index in [1.807, 2.05) is 30.3 Å². The van der Waals surface area contributed by atoms with Gasteiger partial charge in [-0.15, -0.1) is 0 Å². The lowest BCUT2D eigenvalue weighted by atomic mass is 10.2. The standard InChI is InChI=1S/C15H19NO5/c17-11-9-13(15(19)20)16(10-11)14(18)7-4-8-21-12-5-2-1-3-6-12/h1-3,5-6,11,13,17H,4,7-10H2,(H,19,20)/t11-,13-/m1/s1. The molecule has 1 saturated heterocycles. The van der Waals surface area contributed by atoms with Gasteiger partial charge in [-0.1, -0.05) is 18.2 Å². The first-order valence-electron chi connectivity index (χ1n) is 6.96. The molecule has 1 amide bonds. The average Bonchev–Trinajstić information content (AvgIpc) is 2.87. The quantitative estimate of drug-likeness (QED) is 0.761. The molecule has 1 heterocycles. The van der Waals surface area contributed by atoms with Crippen LogP contribution in [0.15, 0.2) is 30.3 Å². The first-order valence-corrected chi connectivity index (χ1v) is 6.96. The van der Waals surface area contributed by atoms with Crippen LogP contribution in [0.2, 0.25) is 0 Å². The number of carbonyl (C=O) groups is 2. The van der Waals surface area contributed by atoms with Gasteiger partial charge < -0.3 is 19.8 Å². The maximum absolute atomic E-state index is 12.0. The summed E-state index contributed by atoms with van der Waals surface area (Å²) in [5.41, 5.74) is 0. The number of amides is 1. The second-order valence-electron chi connectivity index (χ2n) is 5.05. The fourth-order valence-corrected chi connectivity index (χ4v) is 2.40. The molecule has 0 radical (unpaired) electrons. The molecule has 1 aromatic carbocycles. The summed E-state index contributed by atoms with van der Waals surface area (Å²) in [6.45, 7) is 0.485. The van der Waals surface area contributed by atoms with Crippen molar-refractivity contribution < 1.29 is 24.5 Å². The molecule has 0 aromatic heterocycles. The Hall–Kier alpha value is -2.08. The third-order valence-corrected chi connectivity index (χ3v) is 3.43. The molecule has 0 unspecified atom stereocenters. The van der Waals surface area contributed by atoms with Crippen LogP contribution >= 0.6 is 0 Å². The van der Waals surface area contributed by atoms with Crippen molar-refractivity contribution in [2.45, 2.75) is 31.4 Å². The minimum Gasteiger partial charge on any atom is -0.494 e. The van der Waals surface area contributed by atoms with Crippen molar-refractivity contribution in [1.29, 1.82) is 0 Å². The Labute approximate surface area is 122 Å². The van der Waals surface area contributed by atoms with E-state index in [4.69, 9.17) is 9.84 Å². The maximum Gasteiger partial charge on any atom is 0.326 e. The summed E-state index contributed by atoms with van der Waals surface area (Å²) >= 11 is 0. The van der Waals surface area contributed by atoms with Crippen LogP contribution in [-0.2, 0) is 9.59 Å². The van der Waals surface area contributed by atoms with Gasteiger partial charge in [-0.25, -0.2) is 4.79 Å². The van der Waals surface area contributed by atoms with Crippen molar-refractivity contribution in [3.63, 3.8) is 0 Å². The number of aliphatic carboxylic acids is 1. The van der Waals surface area contributed by atoms with Gasteiger partial charge in [-0.05, 0) is 18.6 Å². The number of ether oxygens (including phenoxy) is 1. The van der Waals surface area contributed by atoms with Gasteiger partial charge in [-0.3, -0.25) is 4.79 Å². The Morgan fingerprint density at radius 3 is 2.67 bits per heavy atom. The number of aliphatic hydroxyl groups is 1. The number of carbonyl (C=O) groups excluding carboxylic acids is 1. The Kier molecular flexibility index (Phi) is 5.16. The predicted octanol–water partition coefficient (Wildman–Crippen LogP) is 0.892. The zero-order valence-corrected chi connectivity index (χ0v) is 11.6. The van der Waals surface area contributed by atoms with E-state index in [0.29, 0.717) is 13.0 Å². The largest absolute Gasteiger partial charge is 0.494 e. The van der Waals surface area contributed by atoms with E-state index in [-0.39, 0.29) is 25.3 Å². The van der Waals surface area contributed by atoms with Crippen LogP contribution in [0.5, 0.6) is 5.75 Å². The molecule has 114 valence electrons. The summed E-state index contributed by atoms with van der Waals surface area (Å²) in [6, 6.07) is 8.37. The molecule has 6 heteroatoms. The number of hydrogen-bond acceptors (Lipinski definition) is 4. The Morgan fingerprint density at radius 1 is 1.29 bits per heavy atom. The summed E-state index contributed by atoms with van der Waals surface area (Å²) in [7, 11) is 0. The number of carboxylic acids is 1. The van der Waals surface area contributed by atoms with Crippen molar-refractivity contribution >= 4 is 11.9 Å². The highest BCUT2D eigenvalue weighted by molar-refractivity contribution is 5.84. The van der Waals surface area contributed by atoms with Crippen LogP contribution in [0.1, 0.15) is 19.3 Å². The van der Waals surface area contributed by atoms with Gasteiger partial charge in [0, 0.05) is 19.4 Å². The highest BCUT2D eigenvalue weighted by atomic mass is 16.5. The molecule has 0 bridgehead atoms. The van der Waals surface area contributed by atoms with Gasteiger partial charge >= 0.3 is 5.97 Å². The van der Waals surface area contributed by atoms with Gasteiger partial charge in [0.05, 0.1) is 12.7 Å². The van der Waals surface area contributed by atoms with Crippen molar-refractivity contribution in [2.24, 2.45) is 0 Å². The van der Waals surface area contributed by atoms with Gasteiger partial charge in [0.15, 0.2) is 0 Å². The lowest BCUT2D eigenvalue weighted by Crippen LogP contribution is -2.40. The van der Waals surface area contributed by atoms with Crippen LogP contribution in [0.25, 0.3) is 0 Å². The Balaban J connectivity index is 1.75. The molecule has 1 aromatic rings. The monoisotopic (exact) mass is 293 g/mol. The molecule has 0 spiro atoms. The molecule has 2 atom stereocenters. The topological polar surface area (TPSA) is 87.1 Å². The van der Waals surface area contributed by atoms with Crippen molar-refractivity contribution in [3.8, 4) is 5.75 Å². The second-order valence-corrected chi connectivity index (χ2v) is 5.05. The number of β-amino-alcohol motifs (C(OH)–C–C–N with tert-alkyl or cyclic N) is 1. The van der Waals surface area contributed by atoms with E-state index in [1.54, 1.807) is 0 Å². The third-order valence-electron chi connectivity index (χ3n) is 3.43. The normalized spacial score (nSPS) is 21.3. The molecule has 0 saturated carbocycles. The predicted molar refractivity (Wildman–Crippen MR) is 74.9 cm³/mol. The first-order chi connectivity index (χ1) is 10.1. The van der Waals surface area contributed by atoms with Crippen LogP contribution in [0, 0.1) is 0 Å². The number of nitrogens with zero attached hydrogens (tertiary/aromatic N) is 1. The molecule has 21 heavy (non-hydrogen) atoms. The molecular formula is C15H19NO5. The van der Waals surface area contributed by atoms with E-state index in [0.717, 1.165) is 5.75 Å². The molecule has 1 fully saturated rings. The zero-order valence-electron chi connectivity index (χ0n) is 11.6. The molecule has 2 N–H and O–H groups in total. The third kappa shape index (κ3) is 4.19. The number of aliphatic hydroxyl groups excluding tert-OH is 1. The number of benzene rings is 1. The van der Waals surface area contributed by atoms with Crippen LogP contribution in [-0.4, -0.2) is 52.3 Å². The van der Waals surface area contributed by atoms with Gasteiger partial charge in [0.2, 0.25) is 5.91 Å². The molecule has 2 rings (SSSR count). The van der Waals surface area contributed by atoms with E-state index in [1.165, 1.54) is 4.90 Å². The van der Waals surface area contributed by atoms with E-state index < -0.39 is 18.1 Å². The lowest BCUT2D eigenvalue weighted by Gasteiger charge is -2.21. The van der Waals surface area contributed by atoms with Crippen LogP contribution < -0.4 is 4.74 Å². The summed E-state index contributed by atoms with van der Waals surface area (Å²) in [4.78, 5) is 24.3. The molecule has 1 aliphatic heterocycles. The van der Waals surface area contributed by atoms with E-state index >= 15 is 0 Å². The number of para-hydroxylation sites is 1. The Bertz CT molecular complexity index is 490. The number of hydrogen-bond donors (Lipinski definition) is 2. The van der Waals surface area contributed by atoms with Crippen LogP contribution in [0.3, 0.4) is 0 Å². The smallest absolute Gasteiger partial charge is 0.326 e. The van der Waals surface area contributed by atoms with Crippen LogP contribution in [0.4, 0.5) is 0 Å². The van der Waals surface area contributed by atoms with E-state index in [2.05, 4.69) is 0 Å². The average molecular weight is 293 g/mol. The molecule has 0 aliphatic carbocycles. The number of rotatable bonds is 6. The van der Waals surface area contributed by atoms with Gasteiger partial charge in [0.25, 0.3) is 0 Å². The zero-order chi connectivity index (χ0) is 15.2. The SMILES string of the molecule is O=C(O)[C@H]1C[C@@H](O)CN1C(=O)CCCOc1ccccc1. The van der Waals surface area contributed by atoms with Crippen molar-refractivity contribution in [2.75, 3.05) is 13.2 Å². The summed E-state index contributed by atoms with van der Waals surface area (Å²) in [6.07, 6.45) is 0.0630. The van der Waals surface area contributed by atoms with Gasteiger partial charge in [-0.2, -0.15) is 0 Å². The van der Waals surface area contributed by atoms with Crippen molar-refractivity contribution in [1.82, 2.24) is 4.90 Å². The number of carboxylic acid groups (broad SMARTS) is 1. The molecular weight excluding hydrogens is 274 g/mol.